The van der Waals surface area contributed by atoms with E-state index in [1.54, 1.807) is 30.3 Å². The number of carbonyl (C=O) groups excluding carboxylic acids is 3. The number of carbonyl (C=O) groups is 4. The van der Waals surface area contributed by atoms with E-state index in [1.165, 1.54) is 23.1 Å². The van der Waals surface area contributed by atoms with E-state index in [1.807, 2.05) is 19.1 Å². The molecule has 1 aliphatic carbocycles. The number of allylic oxidation sites excluding steroid dienone is 2. The molecule has 1 aliphatic heterocycles. The highest BCUT2D eigenvalue weighted by molar-refractivity contribution is 6.22. The van der Waals surface area contributed by atoms with Crippen molar-refractivity contribution in [1.82, 2.24) is 0 Å². The molecule has 0 aromatic heterocycles. The highest BCUT2D eigenvalue weighted by Gasteiger charge is 2.50. The third-order valence-corrected chi connectivity index (χ3v) is 5.64. The maximum atomic E-state index is 13.0. The molecule has 1 heterocycles. The molecule has 0 unspecified atom stereocenters. The van der Waals surface area contributed by atoms with E-state index in [0.717, 1.165) is 0 Å². The lowest BCUT2D eigenvalue weighted by molar-refractivity contribution is -0.122. The third kappa shape index (κ3) is 3.28. The second-order valence-corrected chi connectivity index (χ2v) is 7.52. The molecule has 3 atom stereocenters. The maximum Gasteiger partial charge on any atom is 0.337 e. The van der Waals surface area contributed by atoms with Gasteiger partial charge in [0.1, 0.15) is 0 Å². The SMILES string of the molecule is C[C@@H]1C=CC[C@H]2C(=O)N(c3cccc(C(=O)Nc4ccccc4C(=O)O)c3)C(=O)[C@H]12. The van der Waals surface area contributed by atoms with Crippen molar-refractivity contribution in [3.63, 3.8) is 0 Å². The fourth-order valence-corrected chi connectivity index (χ4v) is 4.16. The second kappa shape index (κ2) is 7.59. The number of nitrogens with one attached hydrogen (secondary N) is 1. The highest BCUT2D eigenvalue weighted by atomic mass is 16.4. The summed E-state index contributed by atoms with van der Waals surface area (Å²) < 4.78 is 0. The monoisotopic (exact) mass is 404 g/mol. The second-order valence-electron chi connectivity index (χ2n) is 7.52. The molecule has 0 saturated carbocycles. The molecule has 7 nitrogen and oxygen atoms in total. The zero-order valence-corrected chi connectivity index (χ0v) is 16.2. The molecule has 1 saturated heterocycles. The molecule has 0 bridgehead atoms. The van der Waals surface area contributed by atoms with Crippen LogP contribution < -0.4 is 10.2 Å². The van der Waals surface area contributed by atoms with Gasteiger partial charge in [0.15, 0.2) is 0 Å². The minimum absolute atomic E-state index is 0.0239. The number of rotatable bonds is 4. The van der Waals surface area contributed by atoms with Crippen molar-refractivity contribution in [2.45, 2.75) is 13.3 Å². The van der Waals surface area contributed by atoms with Crippen LogP contribution in [0.25, 0.3) is 0 Å². The van der Waals surface area contributed by atoms with E-state index in [-0.39, 0.29) is 46.4 Å². The van der Waals surface area contributed by atoms with Crippen molar-refractivity contribution < 1.29 is 24.3 Å². The summed E-state index contributed by atoms with van der Waals surface area (Å²) in [6.07, 6.45) is 4.42. The molecular formula is C23H20N2O5. The number of benzene rings is 2. The molecule has 30 heavy (non-hydrogen) atoms. The van der Waals surface area contributed by atoms with Gasteiger partial charge >= 0.3 is 5.97 Å². The van der Waals surface area contributed by atoms with Crippen LogP contribution >= 0.6 is 0 Å². The number of carboxylic acids is 1. The summed E-state index contributed by atoms with van der Waals surface area (Å²) in [6, 6.07) is 12.3. The Labute approximate surface area is 173 Å². The molecular weight excluding hydrogens is 384 g/mol. The number of amides is 3. The lowest BCUT2D eigenvalue weighted by atomic mass is 9.78. The Bertz CT molecular complexity index is 1090. The molecule has 2 N–H and O–H groups in total. The summed E-state index contributed by atoms with van der Waals surface area (Å²) in [5.74, 6) is -2.98. The van der Waals surface area contributed by atoms with Gasteiger partial charge in [-0.2, -0.15) is 0 Å². The summed E-state index contributed by atoms with van der Waals surface area (Å²) in [7, 11) is 0. The molecule has 2 aliphatic rings. The Kier molecular flexibility index (Phi) is 4.95. The normalized spacial score (nSPS) is 22.7. The van der Waals surface area contributed by atoms with Gasteiger partial charge in [-0.1, -0.05) is 37.3 Å². The van der Waals surface area contributed by atoms with Gasteiger partial charge in [0, 0.05) is 5.56 Å². The average molecular weight is 404 g/mol. The third-order valence-electron chi connectivity index (χ3n) is 5.64. The Balaban J connectivity index is 1.61. The van der Waals surface area contributed by atoms with Gasteiger partial charge in [-0.25, -0.2) is 4.79 Å². The van der Waals surface area contributed by atoms with Crippen LogP contribution in [-0.4, -0.2) is 28.8 Å². The molecule has 2 aromatic carbocycles. The van der Waals surface area contributed by atoms with E-state index in [9.17, 15) is 24.3 Å². The summed E-state index contributed by atoms with van der Waals surface area (Å²) in [5, 5.41) is 11.9. The van der Waals surface area contributed by atoms with Gasteiger partial charge in [-0.3, -0.25) is 19.3 Å². The van der Waals surface area contributed by atoms with E-state index in [0.29, 0.717) is 12.1 Å². The van der Waals surface area contributed by atoms with Crippen LogP contribution in [0.3, 0.4) is 0 Å². The van der Waals surface area contributed by atoms with Crippen LogP contribution in [0.1, 0.15) is 34.1 Å². The van der Waals surface area contributed by atoms with Crippen LogP contribution in [0.2, 0.25) is 0 Å². The fourth-order valence-electron chi connectivity index (χ4n) is 4.16. The summed E-state index contributed by atoms with van der Waals surface area (Å²) >= 11 is 0. The van der Waals surface area contributed by atoms with Crippen molar-refractivity contribution >= 4 is 35.1 Å². The smallest absolute Gasteiger partial charge is 0.337 e. The molecule has 7 heteroatoms. The van der Waals surface area contributed by atoms with Crippen LogP contribution in [0.4, 0.5) is 11.4 Å². The van der Waals surface area contributed by atoms with Gasteiger partial charge in [0.2, 0.25) is 11.8 Å². The Morgan fingerprint density at radius 1 is 1.07 bits per heavy atom. The molecule has 4 rings (SSSR count). The van der Waals surface area contributed by atoms with Gasteiger partial charge in [0.25, 0.3) is 5.91 Å². The van der Waals surface area contributed by atoms with Crippen LogP contribution in [-0.2, 0) is 9.59 Å². The minimum atomic E-state index is -1.15. The summed E-state index contributed by atoms with van der Waals surface area (Å²) in [4.78, 5) is 51.1. The minimum Gasteiger partial charge on any atom is -0.478 e. The van der Waals surface area contributed by atoms with Gasteiger partial charge in [-0.05, 0) is 42.7 Å². The molecule has 0 spiro atoms. The summed E-state index contributed by atoms with van der Waals surface area (Å²) in [5.41, 5.74) is 0.692. The topological polar surface area (TPSA) is 104 Å². The first-order valence-electron chi connectivity index (χ1n) is 9.66. The van der Waals surface area contributed by atoms with E-state index >= 15 is 0 Å². The van der Waals surface area contributed by atoms with Crippen molar-refractivity contribution in [1.29, 1.82) is 0 Å². The number of aromatic carboxylic acids is 1. The number of carboxylic acid groups (broad SMARTS) is 1. The zero-order valence-electron chi connectivity index (χ0n) is 16.2. The Morgan fingerprint density at radius 3 is 2.57 bits per heavy atom. The van der Waals surface area contributed by atoms with Crippen molar-refractivity contribution in [2.24, 2.45) is 17.8 Å². The first-order valence-corrected chi connectivity index (χ1v) is 9.66. The van der Waals surface area contributed by atoms with E-state index in [2.05, 4.69) is 5.32 Å². The maximum absolute atomic E-state index is 13.0. The standard InChI is InChI=1S/C23H20N2O5/c1-13-6-4-10-17-19(13)22(28)25(21(17)27)15-8-5-7-14(12-15)20(26)24-18-11-3-2-9-16(18)23(29)30/h2-9,11-13,17,19H,10H2,1H3,(H,24,26)(H,29,30)/t13-,17-,19-/m1/s1. The lowest BCUT2D eigenvalue weighted by Crippen LogP contribution is -2.31. The predicted molar refractivity (Wildman–Crippen MR) is 110 cm³/mol. The molecule has 2 aromatic rings. The first-order chi connectivity index (χ1) is 14.4. The number of nitrogens with zero attached hydrogens (tertiary/aromatic N) is 1. The van der Waals surface area contributed by atoms with Crippen LogP contribution in [0.15, 0.2) is 60.7 Å². The fraction of sp³-hybridized carbons (Fsp3) is 0.217. The Hall–Kier alpha value is -3.74. The zero-order chi connectivity index (χ0) is 21.4. The highest BCUT2D eigenvalue weighted by Crippen LogP contribution is 2.40. The quantitative estimate of drug-likeness (QED) is 0.601. The predicted octanol–water partition coefficient (Wildman–Crippen LogP) is 3.34. The molecule has 152 valence electrons. The molecule has 0 radical (unpaired) electrons. The largest absolute Gasteiger partial charge is 0.478 e. The molecule has 3 amide bonds. The molecule has 1 fully saturated rings. The van der Waals surface area contributed by atoms with E-state index < -0.39 is 11.9 Å². The van der Waals surface area contributed by atoms with Gasteiger partial charge in [0.05, 0.1) is 28.8 Å². The number of imide groups is 1. The average Bonchev–Trinajstić information content (AvgIpc) is 2.99. The lowest BCUT2D eigenvalue weighted by Gasteiger charge is -2.22. The first kappa shape index (κ1) is 19.6. The van der Waals surface area contributed by atoms with E-state index in [4.69, 9.17) is 0 Å². The summed E-state index contributed by atoms with van der Waals surface area (Å²) in [6.45, 7) is 1.92. The van der Waals surface area contributed by atoms with Gasteiger partial charge < -0.3 is 10.4 Å². The van der Waals surface area contributed by atoms with Crippen molar-refractivity contribution in [2.75, 3.05) is 10.2 Å². The van der Waals surface area contributed by atoms with Crippen LogP contribution in [0.5, 0.6) is 0 Å². The number of hydrogen-bond acceptors (Lipinski definition) is 4. The van der Waals surface area contributed by atoms with Gasteiger partial charge in [-0.15, -0.1) is 0 Å². The number of para-hydroxylation sites is 1. The van der Waals surface area contributed by atoms with Crippen molar-refractivity contribution in [3.8, 4) is 0 Å². The number of anilines is 2. The Morgan fingerprint density at radius 2 is 1.83 bits per heavy atom. The van der Waals surface area contributed by atoms with Crippen molar-refractivity contribution in [3.05, 3.63) is 71.8 Å². The van der Waals surface area contributed by atoms with Crippen LogP contribution in [0, 0.1) is 17.8 Å². The number of fused-ring (bicyclic) bond motifs is 1. The number of hydrogen-bond donors (Lipinski definition) is 2.